The molecule has 1 aromatic carbocycles. The minimum atomic E-state index is -0.234. The predicted molar refractivity (Wildman–Crippen MR) is 70.8 cm³/mol. The largest absolute Gasteiger partial charge is 0.369 e. The molecule has 0 saturated carbocycles. The van der Waals surface area contributed by atoms with Crippen molar-refractivity contribution >= 4 is 5.91 Å². The van der Waals surface area contributed by atoms with Crippen LogP contribution in [0.25, 0.3) is 0 Å². The molecule has 1 aromatic rings. The summed E-state index contributed by atoms with van der Waals surface area (Å²) in [5.74, 6) is -0.402. The van der Waals surface area contributed by atoms with Crippen molar-refractivity contribution in [3.05, 3.63) is 35.9 Å². The van der Waals surface area contributed by atoms with Gasteiger partial charge in [-0.2, -0.15) is 0 Å². The quantitative estimate of drug-likeness (QED) is 0.818. The van der Waals surface area contributed by atoms with E-state index >= 15 is 0 Å². The highest BCUT2D eigenvalue weighted by atomic mass is 16.1. The van der Waals surface area contributed by atoms with Gasteiger partial charge in [0.05, 0.1) is 5.92 Å². The van der Waals surface area contributed by atoms with Crippen molar-refractivity contribution < 1.29 is 4.79 Å². The lowest BCUT2D eigenvalue weighted by atomic mass is 9.92. The Bertz CT molecular complexity index is 348. The Morgan fingerprint density at radius 3 is 2.29 bits per heavy atom. The number of carbonyl (C=O) groups is 1. The van der Waals surface area contributed by atoms with Crippen LogP contribution >= 0.6 is 0 Å². The van der Waals surface area contributed by atoms with E-state index in [2.05, 4.69) is 11.8 Å². The van der Waals surface area contributed by atoms with Gasteiger partial charge in [0.2, 0.25) is 5.91 Å². The zero-order valence-corrected chi connectivity index (χ0v) is 10.9. The van der Waals surface area contributed by atoms with Crippen molar-refractivity contribution in [1.29, 1.82) is 0 Å². The Kier molecular flexibility index (Phi) is 5.16. The fourth-order valence-electron chi connectivity index (χ4n) is 1.82. The molecular formula is C14H22N2O. The minimum Gasteiger partial charge on any atom is -0.369 e. The highest BCUT2D eigenvalue weighted by molar-refractivity contribution is 5.81. The maximum atomic E-state index is 11.5. The molecule has 0 heterocycles. The van der Waals surface area contributed by atoms with Gasteiger partial charge < -0.3 is 10.6 Å². The molecule has 0 radical (unpaired) electrons. The molecular weight excluding hydrogens is 212 g/mol. The van der Waals surface area contributed by atoms with Crippen LogP contribution in [0, 0.1) is 0 Å². The minimum absolute atomic E-state index is 0.168. The third-order valence-corrected chi connectivity index (χ3v) is 3.30. The number of amides is 1. The summed E-state index contributed by atoms with van der Waals surface area (Å²) in [5, 5.41) is 0. The molecule has 0 saturated heterocycles. The van der Waals surface area contributed by atoms with Crippen LogP contribution in [0.3, 0.4) is 0 Å². The summed E-state index contributed by atoms with van der Waals surface area (Å²) in [7, 11) is 4.10. The standard InChI is InChI=1S/C14H22N2O/c1-11(16(2)3)9-10-13(14(15)17)12-7-5-4-6-8-12/h4-8,11,13H,9-10H2,1-3H3,(H2,15,17). The Hall–Kier alpha value is -1.35. The van der Waals surface area contributed by atoms with E-state index in [9.17, 15) is 4.79 Å². The van der Waals surface area contributed by atoms with E-state index in [0.29, 0.717) is 6.04 Å². The SMILES string of the molecule is CC(CCC(C(N)=O)c1ccccc1)N(C)C. The first-order chi connectivity index (χ1) is 8.02. The number of nitrogens with two attached hydrogens (primary N) is 1. The fraction of sp³-hybridized carbons (Fsp3) is 0.500. The predicted octanol–water partition coefficient (Wildman–Crippen LogP) is 1.99. The van der Waals surface area contributed by atoms with Gasteiger partial charge in [0.15, 0.2) is 0 Å². The lowest BCUT2D eigenvalue weighted by molar-refractivity contribution is -0.119. The molecule has 2 N–H and O–H groups in total. The van der Waals surface area contributed by atoms with Crippen molar-refractivity contribution in [1.82, 2.24) is 4.90 Å². The van der Waals surface area contributed by atoms with Crippen molar-refractivity contribution in [2.75, 3.05) is 14.1 Å². The second kappa shape index (κ2) is 6.40. The van der Waals surface area contributed by atoms with Gasteiger partial charge in [-0.1, -0.05) is 30.3 Å². The van der Waals surface area contributed by atoms with Gasteiger partial charge in [-0.15, -0.1) is 0 Å². The topological polar surface area (TPSA) is 46.3 Å². The normalized spacial score (nSPS) is 14.6. The van der Waals surface area contributed by atoms with Crippen molar-refractivity contribution in [3.8, 4) is 0 Å². The molecule has 0 spiro atoms. The summed E-state index contributed by atoms with van der Waals surface area (Å²) in [5.41, 5.74) is 6.50. The maximum Gasteiger partial charge on any atom is 0.224 e. The Morgan fingerprint density at radius 2 is 1.82 bits per heavy atom. The third-order valence-electron chi connectivity index (χ3n) is 3.30. The average molecular weight is 234 g/mol. The molecule has 0 aliphatic rings. The lowest BCUT2D eigenvalue weighted by Crippen LogP contribution is -2.27. The van der Waals surface area contributed by atoms with Crippen LogP contribution in [0.5, 0.6) is 0 Å². The van der Waals surface area contributed by atoms with E-state index < -0.39 is 0 Å². The number of hydrogen-bond acceptors (Lipinski definition) is 2. The smallest absolute Gasteiger partial charge is 0.224 e. The van der Waals surface area contributed by atoms with Gasteiger partial charge in [-0.25, -0.2) is 0 Å². The van der Waals surface area contributed by atoms with Gasteiger partial charge in [0, 0.05) is 6.04 Å². The number of primary amides is 1. The Morgan fingerprint density at radius 1 is 1.24 bits per heavy atom. The van der Waals surface area contributed by atoms with Crippen molar-refractivity contribution in [3.63, 3.8) is 0 Å². The molecule has 3 heteroatoms. The number of carbonyl (C=O) groups excluding carboxylic acids is 1. The molecule has 0 aromatic heterocycles. The second-order valence-electron chi connectivity index (χ2n) is 4.76. The summed E-state index contributed by atoms with van der Waals surface area (Å²) < 4.78 is 0. The summed E-state index contributed by atoms with van der Waals surface area (Å²) in [6, 6.07) is 10.2. The van der Waals surface area contributed by atoms with E-state index in [4.69, 9.17) is 5.73 Å². The molecule has 1 amide bonds. The van der Waals surface area contributed by atoms with Crippen LogP contribution in [-0.2, 0) is 4.79 Å². The first-order valence-electron chi connectivity index (χ1n) is 6.03. The van der Waals surface area contributed by atoms with Crippen LogP contribution in [0.2, 0.25) is 0 Å². The van der Waals surface area contributed by atoms with Gasteiger partial charge in [0.25, 0.3) is 0 Å². The first kappa shape index (κ1) is 13.7. The van der Waals surface area contributed by atoms with E-state index in [1.54, 1.807) is 0 Å². The summed E-state index contributed by atoms with van der Waals surface area (Å²) >= 11 is 0. The van der Waals surface area contributed by atoms with Crippen molar-refractivity contribution in [2.24, 2.45) is 5.73 Å². The van der Waals surface area contributed by atoms with E-state index in [-0.39, 0.29) is 11.8 Å². The molecule has 0 bridgehead atoms. The number of rotatable bonds is 6. The Labute approximate surface area is 104 Å². The molecule has 0 aliphatic heterocycles. The molecule has 2 atom stereocenters. The van der Waals surface area contributed by atoms with E-state index in [1.807, 2.05) is 44.4 Å². The lowest BCUT2D eigenvalue weighted by Gasteiger charge is -2.22. The van der Waals surface area contributed by atoms with Gasteiger partial charge in [0.1, 0.15) is 0 Å². The van der Waals surface area contributed by atoms with Crippen LogP contribution in [-0.4, -0.2) is 30.9 Å². The molecule has 2 unspecified atom stereocenters. The molecule has 3 nitrogen and oxygen atoms in total. The van der Waals surface area contributed by atoms with Gasteiger partial charge in [-0.3, -0.25) is 4.79 Å². The summed E-state index contributed by atoms with van der Waals surface area (Å²) in [6.07, 6.45) is 1.77. The van der Waals surface area contributed by atoms with Crippen LogP contribution in [0.15, 0.2) is 30.3 Å². The Balaban J connectivity index is 2.66. The third kappa shape index (κ3) is 4.19. The van der Waals surface area contributed by atoms with Crippen LogP contribution < -0.4 is 5.73 Å². The maximum absolute atomic E-state index is 11.5. The zero-order valence-electron chi connectivity index (χ0n) is 10.9. The highest BCUT2D eigenvalue weighted by Crippen LogP contribution is 2.22. The van der Waals surface area contributed by atoms with Crippen LogP contribution in [0.4, 0.5) is 0 Å². The molecule has 94 valence electrons. The van der Waals surface area contributed by atoms with Gasteiger partial charge >= 0.3 is 0 Å². The molecule has 1 rings (SSSR count). The second-order valence-corrected chi connectivity index (χ2v) is 4.76. The fourth-order valence-corrected chi connectivity index (χ4v) is 1.82. The number of benzene rings is 1. The molecule has 0 fully saturated rings. The highest BCUT2D eigenvalue weighted by Gasteiger charge is 2.18. The van der Waals surface area contributed by atoms with Crippen LogP contribution in [0.1, 0.15) is 31.2 Å². The number of nitrogens with zero attached hydrogens (tertiary/aromatic N) is 1. The average Bonchev–Trinajstić information content (AvgIpc) is 2.29. The van der Waals surface area contributed by atoms with Crippen molar-refractivity contribution in [2.45, 2.75) is 31.7 Å². The van der Waals surface area contributed by atoms with E-state index in [1.165, 1.54) is 0 Å². The monoisotopic (exact) mass is 234 g/mol. The van der Waals surface area contributed by atoms with Gasteiger partial charge in [-0.05, 0) is 39.4 Å². The summed E-state index contributed by atoms with van der Waals surface area (Å²) in [6.45, 7) is 2.16. The first-order valence-corrected chi connectivity index (χ1v) is 6.03. The summed E-state index contributed by atoms with van der Waals surface area (Å²) in [4.78, 5) is 13.6. The van der Waals surface area contributed by atoms with E-state index in [0.717, 1.165) is 18.4 Å². The number of hydrogen-bond donors (Lipinski definition) is 1. The molecule has 0 aliphatic carbocycles. The molecule has 17 heavy (non-hydrogen) atoms. The zero-order chi connectivity index (χ0) is 12.8.